The molecule has 0 aromatic heterocycles. The lowest BCUT2D eigenvalue weighted by Crippen LogP contribution is -2.21. The molecule has 0 aliphatic heterocycles. The molecule has 1 unspecified atom stereocenters. The van der Waals surface area contributed by atoms with E-state index in [1.807, 2.05) is 13.8 Å². The summed E-state index contributed by atoms with van der Waals surface area (Å²) in [6.45, 7) is 6.11. The highest BCUT2D eigenvalue weighted by Crippen LogP contribution is 2.50. The van der Waals surface area contributed by atoms with Crippen molar-refractivity contribution in [3.8, 4) is 5.75 Å². The van der Waals surface area contributed by atoms with E-state index in [0.717, 1.165) is 17.4 Å². The summed E-state index contributed by atoms with van der Waals surface area (Å²) in [5.41, 5.74) is 1.54. The number of sulfone groups is 1. The quantitative estimate of drug-likeness (QED) is 0.651. The molecule has 0 saturated carbocycles. The third kappa shape index (κ3) is 2.70. The lowest BCUT2D eigenvalue weighted by molar-refractivity contribution is -0.113. The highest BCUT2D eigenvalue weighted by atomic mass is 35.5. The summed E-state index contributed by atoms with van der Waals surface area (Å²) in [6.07, 6.45) is 1.69. The zero-order chi connectivity index (χ0) is 16.9. The molecule has 1 aromatic rings. The van der Waals surface area contributed by atoms with Crippen LogP contribution in [0.5, 0.6) is 5.75 Å². The lowest BCUT2D eigenvalue weighted by Gasteiger charge is -2.26. The van der Waals surface area contributed by atoms with E-state index in [1.165, 1.54) is 6.07 Å². The summed E-state index contributed by atoms with van der Waals surface area (Å²) in [5, 5.41) is 12.9. The van der Waals surface area contributed by atoms with Gasteiger partial charge in [0.15, 0.2) is 15.6 Å². The molecule has 122 valence electrons. The second-order valence-corrected chi connectivity index (χ2v) is 8.66. The molecular weight excluding hydrogens is 326 g/mol. The number of fused-ring (bicyclic) bond motifs is 1. The van der Waals surface area contributed by atoms with Crippen LogP contribution in [-0.4, -0.2) is 31.6 Å². The first-order valence-electron chi connectivity index (χ1n) is 6.95. The third-order valence-electron chi connectivity index (χ3n) is 4.59. The zero-order valence-corrected chi connectivity index (χ0v) is 14.6. The van der Waals surface area contributed by atoms with Crippen molar-refractivity contribution in [1.29, 1.82) is 0 Å². The molecule has 1 aliphatic carbocycles. The monoisotopic (exact) mass is 345 g/mol. The highest BCUT2D eigenvalue weighted by Gasteiger charge is 2.40. The van der Waals surface area contributed by atoms with E-state index in [9.17, 15) is 18.3 Å². The van der Waals surface area contributed by atoms with E-state index in [0.29, 0.717) is 6.42 Å². The largest absolute Gasteiger partial charge is 0.504 e. The summed E-state index contributed by atoms with van der Waals surface area (Å²) in [6, 6.07) is 1.53. The Labute approximate surface area is 135 Å². The van der Waals surface area contributed by atoms with Gasteiger partial charge in [-0.2, -0.15) is 0 Å². The maximum absolute atomic E-state index is 12.0. The van der Waals surface area contributed by atoms with Crippen molar-refractivity contribution in [3.63, 3.8) is 0 Å². The number of carbonyl (C=O) groups excluding carboxylic acids is 1. The van der Waals surface area contributed by atoms with Gasteiger partial charge in [-0.25, -0.2) is 8.42 Å². The summed E-state index contributed by atoms with van der Waals surface area (Å²) in [7, 11) is -3.62. The van der Waals surface area contributed by atoms with Gasteiger partial charge in [0.05, 0.1) is 5.69 Å². The van der Waals surface area contributed by atoms with Crippen LogP contribution in [0.25, 0.3) is 0 Å². The normalized spacial score (nSPS) is 19.8. The van der Waals surface area contributed by atoms with Gasteiger partial charge in [-0.1, -0.05) is 20.8 Å². The molecule has 0 heterocycles. The number of aromatic hydroxyl groups is 1. The maximum Gasteiger partial charge on any atom is 0.239 e. The van der Waals surface area contributed by atoms with Gasteiger partial charge in [-0.15, -0.1) is 11.6 Å². The number of alkyl halides is 1. The van der Waals surface area contributed by atoms with Crippen LogP contribution in [0.3, 0.4) is 0 Å². The molecule has 7 heteroatoms. The second-order valence-electron chi connectivity index (χ2n) is 6.41. The minimum Gasteiger partial charge on any atom is -0.504 e. The van der Waals surface area contributed by atoms with Crippen LogP contribution in [0.4, 0.5) is 5.69 Å². The van der Waals surface area contributed by atoms with Crippen molar-refractivity contribution < 1.29 is 18.3 Å². The van der Waals surface area contributed by atoms with Gasteiger partial charge in [0.25, 0.3) is 0 Å². The molecule has 22 heavy (non-hydrogen) atoms. The summed E-state index contributed by atoms with van der Waals surface area (Å²) < 4.78 is 23.9. The molecule has 1 aliphatic rings. The van der Waals surface area contributed by atoms with Crippen LogP contribution in [0.2, 0.25) is 0 Å². The third-order valence-corrected chi connectivity index (χ3v) is 5.95. The van der Waals surface area contributed by atoms with Crippen molar-refractivity contribution in [3.05, 3.63) is 17.2 Å². The van der Waals surface area contributed by atoms with Gasteiger partial charge in [-0.05, 0) is 34.9 Å². The summed E-state index contributed by atoms with van der Waals surface area (Å²) >= 11 is 5.51. The Morgan fingerprint density at radius 3 is 2.59 bits per heavy atom. The van der Waals surface area contributed by atoms with Crippen LogP contribution in [0, 0.1) is 5.92 Å². The number of rotatable bonds is 3. The molecule has 0 fully saturated rings. The Bertz CT molecular complexity index is 740. The molecule has 0 saturated heterocycles. The number of nitrogens with one attached hydrogen (secondary N) is 1. The lowest BCUT2D eigenvalue weighted by atomic mass is 9.79. The van der Waals surface area contributed by atoms with Gasteiger partial charge in [0, 0.05) is 6.26 Å². The number of hydrogen-bond acceptors (Lipinski definition) is 4. The van der Waals surface area contributed by atoms with Crippen LogP contribution in [0.1, 0.15) is 31.9 Å². The molecule has 5 nitrogen and oxygen atoms in total. The minimum absolute atomic E-state index is 0.168. The number of phenols is 1. The number of carbonyl (C=O) groups is 1. The van der Waals surface area contributed by atoms with Crippen molar-refractivity contribution >= 4 is 33.0 Å². The molecule has 0 spiro atoms. The van der Waals surface area contributed by atoms with E-state index in [2.05, 4.69) is 12.2 Å². The predicted molar refractivity (Wildman–Crippen MR) is 86.5 cm³/mol. The molecule has 2 N–H and O–H groups in total. The number of phenolic OH excluding ortho intramolecular Hbond substituents is 1. The number of amides is 1. The number of hydrogen-bond donors (Lipinski definition) is 2. The molecule has 1 atom stereocenters. The standard InChI is InChI=1S/C15H20ClNO4S/c1-8-5-9-10(15(8,2)3)6-11(22(4,20)21)14(19)13(9)17-12(18)7-16/h6,8,19H,5,7H2,1-4H3,(H,17,18). The Morgan fingerprint density at radius 2 is 2.09 bits per heavy atom. The van der Waals surface area contributed by atoms with Crippen LogP contribution in [-0.2, 0) is 26.5 Å². The number of halogens is 1. The fourth-order valence-electron chi connectivity index (χ4n) is 2.89. The van der Waals surface area contributed by atoms with Gasteiger partial charge < -0.3 is 10.4 Å². The summed E-state index contributed by atoms with van der Waals surface area (Å²) in [5.74, 6) is -0.911. The average molecular weight is 346 g/mol. The molecular formula is C15H20ClNO4S. The smallest absolute Gasteiger partial charge is 0.239 e. The molecule has 0 radical (unpaired) electrons. The SMILES string of the molecule is CC1Cc2c(cc(S(C)(=O)=O)c(O)c2NC(=O)CCl)C1(C)C. The van der Waals surface area contributed by atoms with Gasteiger partial charge in [0.1, 0.15) is 10.8 Å². The van der Waals surface area contributed by atoms with Crippen molar-refractivity contribution in [2.24, 2.45) is 5.92 Å². The average Bonchev–Trinajstić information content (AvgIpc) is 2.62. The maximum atomic E-state index is 12.0. The Balaban J connectivity index is 2.78. The van der Waals surface area contributed by atoms with E-state index in [4.69, 9.17) is 11.6 Å². The molecule has 0 bridgehead atoms. The molecule has 1 amide bonds. The Morgan fingerprint density at radius 1 is 1.50 bits per heavy atom. The fourth-order valence-corrected chi connectivity index (χ4v) is 3.74. The van der Waals surface area contributed by atoms with E-state index in [-0.39, 0.29) is 27.8 Å². The number of benzene rings is 1. The topological polar surface area (TPSA) is 83.5 Å². The van der Waals surface area contributed by atoms with Crippen LogP contribution < -0.4 is 5.32 Å². The minimum atomic E-state index is -3.62. The predicted octanol–water partition coefficient (Wildman–Crippen LogP) is 2.44. The first kappa shape index (κ1) is 17.1. The van der Waals surface area contributed by atoms with Crippen molar-refractivity contribution in [2.45, 2.75) is 37.5 Å². The molecule has 1 aromatic carbocycles. The van der Waals surface area contributed by atoms with Crippen LogP contribution >= 0.6 is 11.6 Å². The van der Waals surface area contributed by atoms with Gasteiger partial charge in [0.2, 0.25) is 5.91 Å². The Hall–Kier alpha value is -1.27. The highest BCUT2D eigenvalue weighted by molar-refractivity contribution is 7.90. The van der Waals surface area contributed by atoms with Crippen molar-refractivity contribution in [1.82, 2.24) is 0 Å². The number of anilines is 1. The van der Waals surface area contributed by atoms with Crippen molar-refractivity contribution in [2.75, 3.05) is 17.5 Å². The zero-order valence-electron chi connectivity index (χ0n) is 13.0. The summed E-state index contributed by atoms with van der Waals surface area (Å²) in [4.78, 5) is 11.5. The Kier molecular flexibility index (Phi) is 4.21. The van der Waals surface area contributed by atoms with Gasteiger partial charge >= 0.3 is 0 Å². The van der Waals surface area contributed by atoms with Gasteiger partial charge in [-0.3, -0.25) is 4.79 Å². The second kappa shape index (κ2) is 5.42. The van der Waals surface area contributed by atoms with Crippen LogP contribution in [0.15, 0.2) is 11.0 Å². The molecule has 2 rings (SSSR count). The fraction of sp³-hybridized carbons (Fsp3) is 0.533. The first-order chi connectivity index (χ1) is 10.00. The first-order valence-corrected chi connectivity index (χ1v) is 9.38. The van der Waals surface area contributed by atoms with E-state index < -0.39 is 21.5 Å². The van der Waals surface area contributed by atoms with E-state index >= 15 is 0 Å². The van der Waals surface area contributed by atoms with E-state index in [1.54, 1.807) is 0 Å².